The zero-order chi connectivity index (χ0) is 17.9. The first-order valence-electron chi connectivity index (χ1n) is 7.89. The molecule has 1 aliphatic heterocycles. The fourth-order valence-corrected chi connectivity index (χ4v) is 2.70. The van der Waals surface area contributed by atoms with Crippen LogP contribution >= 0.6 is 0 Å². The fraction of sp³-hybridized carbons (Fsp3) is 0.500. The van der Waals surface area contributed by atoms with Gasteiger partial charge in [-0.2, -0.15) is 0 Å². The summed E-state index contributed by atoms with van der Waals surface area (Å²) < 4.78 is 0. The zero-order valence-corrected chi connectivity index (χ0v) is 14.2. The van der Waals surface area contributed by atoms with Crippen LogP contribution in [0, 0.1) is 10.1 Å². The van der Waals surface area contributed by atoms with Gasteiger partial charge in [-0.25, -0.2) is 0 Å². The van der Waals surface area contributed by atoms with Crippen molar-refractivity contribution < 1.29 is 14.5 Å². The molecule has 2 rings (SSSR count). The number of piperazine rings is 1. The summed E-state index contributed by atoms with van der Waals surface area (Å²) in [6.07, 6.45) is 0. The molecule has 0 aliphatic carbocycles. The monoisotopic (exact) mass is 334 g/mol. The third-order valence-electron chi connectivity index (χ3n) is 4.31. The highest BCUT2D eigenvalue weighted by molar-refractivity contribution is 5.95. The third kappa shape index (κ3) is 3.64. The molecular weight excluding hydrogens is 312 g/mol. The van der Waals surface area contributed by atoms with Gasteiger partial charge in [-0.05, 0) is 19.1 Å². The predicted octanol–water partition coefficient (Wildman–Crippen LogP) is 1.36. The van der Waals surface area contributed by atoms with Crippen LogP contribution in [0.4, 0.5) is 11.4 Å². The maximum Gasteiger partial charge on any atom is 0.293 e. The Balaban J connectivity index is 2.26. The van der Waals surface area contributed by atoms with Gasteiger partial charge in [0.2, 0.25) is 5.91 Å². The molecule has 1 aliphatic rings. The normalized spacial score (nSPS) is 14.5. The standard InChI is InChI=1S/C16H22N4O4/c1-4-17(3)16(22)13-5-6-14(15(11-13)20(23)24)19-9-7-18(8-10-19)12(2)21/h5-6,11H,4,7-10H2,1-3H3. The number of nitro benzene ring substituents is 1. The van der Waals surface area contributed by atoms with Crippen molar-refractivity contribution in [2.45, 2.75) is 13.8 Å². The van der Waals surface area contributed by atoms with E-state index in [1.807, 2.05) is 11.8 Å². The van der Waals surface area contributed by atoms with Crippen molar-refractivity contribution in [1.82, 2.24) is 9.80 Å². The van der Waals surface area contributed by atoms with Gasteiger partial charge in [0.05, 0.1) is 4.92 Å². The highest BCUT2D eigenvalue weighted by atomic mass is 16.6. The van der Waals surface area contributed by atoms with Gasteiger partial charge in [0.1, 0.15) is 5.69 Å². The number of carbonyl (C=O) groups excluding carboxylic acids is 2. The molecule has 24 heavy (non-hydrogen) atoms. The SMILES string of the molecule is CCN(C)C(=O)c1ccc(N2CCN(C(C)=O)CC2)c([N+](=O)[O-])c1. The molecule has 0 saturated carbocycles. The maximum atomic E-state index is 12.2. The number of anilines is 1. The average Bonchev–Trinajstić information content (AvgIpc) is 2.59. The van der Waals surface area contributed by atoms with E-state index in [0.717, 1.165) is 0 Å². The van der Waals surface area contributed by atoms with Gasteiger partial charge in [-0.1, -0.05) is 0 Å². The minimum atomic E-state index is -0.463. The van der Waals surface area contributed by atoms with Gasteiger partial charge in [0.25, 0.3) is 11.6 Å². The van der Waals surface area contributed by atoms with E-state index in [1.165, 1.54) is 17.9 Å². The predicted molar refractivity (Wildman–Crippen MR) is 90.2 cm³/mol. The van der Waals surface area contributed by atoms with Gasteiger partial charge < -0.3 is 14.7 Å². The number of hydrogen-bond donors (Lipinski definition) is 0. The molecule has 1 saturated heterocycles. The van der Waals surface area contributed by atoms with E-state index in [-0.39, 0.29) is 17.5 Å². The highest BCUT2D eigenvalue weighted by Gasteiger charge is 2.26. The number of nitrogens with zero attached hydrogens (tertiary/aromatic N) is 4. The van der Waals surface area contributed by atoms with Crippen molar-refractivity contribution in [3.8, 4) is 0 Å². The molecule has 0 aromatic heterocycles. The topological polar surface area (TPSA) is 87.0 Å². The average molecular weight is 334 g/mol. The fourth-order valence-electron chi connectivity index (χ4n) is 2.70. The number of rotatable bonds is 4. The second-order valence-corrected chi connectivity index (χ2v) is 5.77. The van der Waals surface area contributed by atoms with Crippen LogP contribution in [-0.2, 0) is 4.79 Å². The minimum Gasteiger partial charge on any atom is -0.362 e. The Morgan fingerprint density at radius 2 is 1.88 bits per heavy atom. The van der Waals surface area contributed by atoms with Crippen molar-refractivity contribution >= 4 is 23.2 Å². The van der Waals surface area contributed by atoms with Crippen LogP contribution in [0.15, 0.2) is 18.2 Å². The Bertz CT molecular complexity index is 653. The Hall–Kier alpha value is -2.64. The van der Waals surface area contributed by atoms with E-state index in [0.29, 0.717) is 44.0 Å². The van der Waals surface area contributed by atoms with Crippen molar-refractivity contribution in [3.05, 3.63) is 33.9 Å². The van der Waals surface area contributed by atoms with Gasteiger partial charge >= 0.3 is 0 Å². The summed E-state index contributed by atoms with van der Waals surface area (Å²) in [4.78, 5) is 39.7. The Kier molecular flexibility index (Phi) is 5.38. The van der Waals surface area contributed by atoms with Gasteiger partial charge in [-0.3, -0.25) is 19.7 Å². The molecule has 0 unspecified atom stereocenters. The third-order valence-corrected chi connectivity index (χ3v) is 4.31. The number of amides is 2. The molecule has 0 radical (unpaired) electrons. The van der Waals surface area contributed by atoms with Crippen LogP contribution in [0.2, 0.25) is 0 Å². The summed E-state index contributed by atoms with van der Waals surface area (Å²) in [6.45, 7) is 6.02. The molecule has 0 spiro atoms. The quantitative estimate of drug-likeness (QED) is 0.613. The van der Waals surface area contributed by atoms with Crippen LogP contribution in [0.1, 0.15) is 24.2 Å². The molecule has 0 N–H and O–H groups in total. The van der Waals surface area contributed by atoms with E-state index >= 15 is 0 Å². The van der Waals surface area contributed by atoms with Gasteiger partial charge in [0.15, 0.2) is 0 Å². The number of nitro groups is 1. The summed E-state index contributed by atoms with van der Waals surface area (Å²) in [5.74, 6) is -0.235. The molecule has 0 atom stereocenters. The molecule has 8 heteroatoms. The van der Waals surface area contributed by atoms with Gasteiger partial charge in [0, 0.05) is 58.3 Å². The Morgan fingerprint density at radius 3 is 2.38 bits per heavy atom. The molecular formula is C16H22N4O4. The summed E-state index contributed by atoms with van der Waals surface area (Å²) in [6, 6.07) is 4.58. The number of benzene rings is 1. The lowest BCUT2D eigenvalue weighted by Gasteiger charge is -2.35. The van der Waals surface area contributed by atoms with Crippen molar-refractivity contribution in [2.75, 3.05) is 44.7 Å². The van der Waals surface area contributed by atoms with Crippen molar-refractivity contribution in [1.29, 1.82) is 0 Å². The Labute approximate surface area is 140 Å². The lowest BCUT2D eigenvalue weighted by Crippen LogP contribution is -2.48. The van der Waals surface area contributed by atoms with Crippen LogP contribution in [-0.4, -0.2) is 66.3 Å². The van der Waals surface area contributed by atoms with Crippen LogP contribution in [0.5, 0.6) is 0 Å². The molecule has 1 heterocycles. The molecule has 1 aromatic rings. The van der Waals surface area contributed by atoms with Crippen LogP contribution in [0.3, 0.4) is 0 Å². The van der Waals surface area contributed by atoms with E-state index in [9.17, 15) is 19.7 Å². The zero-order valence-electron chi connectivity index (χ0n) is 14.2. The van der Waals surface area contributed by atoms with E-state index in [4.69, 9.17) is 0 Å². The van der Waals surface area contributed by atoms with E-state index < -0.39 is 4.92 Å². The molecule has 130 valence electrons. The maximum absolute atomic E-state index is 12.2. The molecule has 1 fully saturated rings. The van der Waals surface area contributed by atoms with Crippen molar-refractivity contribution in [2.24, 2.45) is 0 Å². The van der Waals surface area contributed by atoms with E-state index in [1.54, 1.807) is 24.1 Å². The Morgan fingerprint density at radius 1 is 1.25 bits per heavy atom. The second kappa shape index (κ2) is 7.29. The summed E-state index contributed by atoms with van der Waals surface area (Å²) >= 11 is 0. The van der Waals surface area contributed by atoms with Crippen LogP contribution in [0.25, 0.3) is 0 Å². The molecule has 2 amide bonds. The lowest BCUT2D eigenvalue weighted by atomic mass is 10.1. The minimum absolute atomic E-state index is 0.00713. The number of hydrogen-bond acceptors (Lipinski definition) is 5. The van der Waals surface area contributed by atoms with Gasteiger partial charge in [-0.15, -0.1) is 0 Å². The second-order valence-electron chi connectivity index (χ2n) is 5.77. The molecule has 0 bridgehead atoms. The number of carbonyl (C=O) groups is 2. The highest BCUT2D eigenvalue weighted by Crippen LogP contribution is 2.30. The lowest BCUT2D eigenvalue weighted by molar-refractivity contribution is -0.384. The smallest absolute Gasteiger partial charge is 0.293 e. The summed E-state index contributed by atoms with van der Waals surface area (Å²) in [5.41, 5.74) is 0.706. The summed E-state index contributed by atoms with van der Waals surface area (Å²) in [7, 11) is 1.66. The van der Waals surface area contributed by atoms with Crippen molar-refractivity contribution in [3.63, 3.8) is 0 Å². The largest absolute Gasteiger partial charge is 0.362 e. The first kappa shape index (κ1) is 17.7. The molecule has 1 aromatic carbocycles. The summed E-state index contributed by atoms with van der Waals surface area (Å²) in [5, 5.41) is 11.4. The first-order chi connectivity index (χ1) is 11.3. The van der Waals surface area contributed by atoms with E-state index in [2.05, 4.69) is 0 Å². The molecule has 8 nitrogen and oxygen atoms in total. The first-order valence-corrected chi connectivity index (χ1v) is 7.89. The van der Waals surface area contributed by atoms with Crippen LogP contribution < -0.4 is 4.90 Å².